The van der Waals surface area contributed by atoms with E-state index in [2.05, 4.69) is 31.0 Å². The molecule has 102 valence electrons. The summed E-state index contributed by atoms with van der Waals surface area (Å²) in [6.45, 7) is 13.3. The number of hydrogen-bond donors (Lipinski definition) is 1. The van der Waals surface area contributed by atoms with E-state index in [1.165, 1.54) is 64.8 Å². The van der Waals surface area contributed by atoms with Gasteiger partial charge in [-0.3, -0.25) is 0 Å². The summed E-state index contributed by atoms with van der Waals surface area (Å²) in [6, 6.07) is 0. The first-order valence-corrected chi connectivity index (χ1v) is 7.69. The molecule has 1 aliphatic rings. The molecule has 1 heterocycles. The third-order valence-corrected chi connectivity index (χ3v) is 4.26. The molecule has 0 saturated carbocycles. The molecule has 0 spiro atoms. The average molecular weight is 240 g/mol. The van der Waals surface area contributed by atoms with Crippen molar-refractivity contribution in [2.45, 2.75) is 52.9 Å². The third-order valence-electron chi connectivity index (χ3n) is 4.26. The maximum Gasteiger partial charge on any atom is 0.000680 e. The number of nitrogens with zero attached hydrogens (tertiary/aromatic N) is 1. The zero-order valence-corrected chi connectivity index (χ0v) is 12.2. The Kier molecular flexibility index (Phi) is 7.87. The molecule has 0 amide bonds. The summed E-state index contributed by atoms with van der Waals surface area (Å²) in [4.78, 5) is 2.63. The second kappa shape index (κ2) is 8.93. The first-order valence-electron chi connectivity index (χ1n) is 7.69. The Hall–Kier alpha value is -0.0800. The van der Waals surface area contributed by atoms with E-state index in [1.807, 2.05) is 0 Å². The molecule has 1 unspecified atom stereocenters. The quantitative estimate of drug-likeness (QED) is 0.701. The van der Waals surface area contributed by atoms with E-state index >= 15 is 0 Å². The Morgan fingerprint density at radius 2 is 1.94 bits per heavy atom. The van der Waals surface area contributed by atoms with Crippen molar-refractivity contribution in [1.29, 1.82) is 0 Å². The summed E-state index contributed by atoms with van der Waals surface area (Å²) in [5.41, 5.74) is 0. The van der Waals surface area contributed by atoms with Gasteiger partial charge in [0.15, 0.2) is 0 Å². The van der Waals surface area contributed by atoms with Gasteiger partial charge in [0.25, 0.3) is 0 Å². The smallest absolute Gasteiger partial charge is 0.000680 e. The van der Waals surface area contributed by atoms with E-state index in [1.54, 1.807) is 0 Å². The van der Waals surface area contributed by atoms with Crippen LogP contribution in [0.25, 0.3) is 0 Å². The van der Waals surface area contributed by atoms with Crippen molar-refractivity contribution in [2.24, 2.45) is 11.8 Å². The third kappa shape index (κ3) is 6.42. The molecule has 1 aliphatic heterocycles. The van der Waals surface area contributed by atoms with Crippen molar-refractivity contribution >= 4 is 0 Å². The summed E-state index contributed by atoms with van der Waals surface area (Å²) >= 11 is 0. The Morgan fingerprint density at radius 1 is 1.24 bits per heavy atom. The van der Waals surface area contributed by atoms with Crippen LogP contribution in [0, 0.1) is 11.8 Å². The van der Waals surface area contributed by atoms with Crippen molar-refractivity contribution in [3.8, 4) is 0 Å². The van der Waals surface area contributed by atoms with Crippen LogP contribution in [0.4, 0.5) is 0 Å². The predicted octanol–water partition coefficient (Wildman–Crippen LogP) is 3.13. The van der Waals surface area contributed by atoms with Crippen molar-refractivity contribution in [2.75, 3.05) is 32.7 Å². The number of hydrogen-bond acceptors (Lipinski definition) is 2. The molecule has 0 aromatic rings. The monoisotopic (exact) mass is 240 g/mol. The van der Waals surface area contributed by atoms with Crippen molar-refractivity contribution in [3.05, 3.63) is 0 Å². The van der Waals surface area contributed by atoms with Crippen LogP contribution in [-0.2, 0) is 0 Å². The maximum atomic E-state index is 3.45. The van der Waals surface area contributed by atoms with E-state index in [0.29, 0.717) is 0 Å². The second-order valence-corrected chi connectivity index (χ2v) is 5.74. The molecule has 1 saturated heterocycles. The Morgan fingerprint density at radius 3 is 2.53 bits per heavy atom. The van der Waals surface area contributed by atoms with Crippen molar-refractivity contribution in [3.63, 3.8) is 0 Å². The van der Waals surface area contributed by atoms with Gasteiger partial charge in [0.1, 0.15) is 0 Å². The van der Waals surface area contributed by atoms with Crippen LogP contribution in [0.15, 0.2) is 0 Å². The van der Waals surface area contributed by atoms with Crippen molar-refractivity contribution < 1.29 is 0 Å². The van der Waals surface area contributed by atoms with Crippen LogP contribution in [-0.4, -0.2) is 37.6 Å². The van der Waals surface area contributed by atoms with E-state index in [0.717, 1.165) is 11.8 Å². The highest BCUT2D eigenvalue weighted by atomic mass is 15.1. The SMILES string of the molecule is CCC(C)CN(CC)CCCC1CCNCC1. The van der Waals surface area contributed by atoms with Gasteiger partial charge in [-0.1, -0.05) is 27.2 Å². The zero-order valence-electron chi connectivity index (χ0n) is 12.2. The van der Waals surface area contributed by atoms with Gasteiger partial charge in [-0.05, 0) is 63.7 Å². The predicted molar refractivity (Wildman–Crippen MR) is 76.4 cm³/mol. The van der Waals surface area contributed by atoms with Crippen LogP contribution in [0.1, 0.15) is 52.9 Å². The highest BCUT2D eigenvalue weighted by molar-refractivity contribution is 4.69. The number of rotatable bonds is 8. The topological polar surface area (TPSA) is 15.3 Å². The van der Waals surface area contributed by atoms with Gasteiger partial charge < -0.3 is 10.2 Å². The van der Waals surface area contributed by atoms with Crippen molar-refractivity contribution in [1.82, 2.24) is 10.2 Å². The lowest BCUT2D eigenvalue weighted by Gasteiger charge is -2.26. The normalized spacial score (nSPS) is 19.8. The first kappa shape index (κ1) is 15.0. The summed E-state index contributed by atoms with van der Waals surface area (Å²) in [5.74, 6) is 1.85. The lowest BCUT2D eigenvalue weighted by Crippen LogP contribution is -2.31. The van der Waals surface area contributed by atoms with Crippen LogP contribution >= 0.6 is 0 Å². The van der Waals surface area contributed by atoms with Crippen LogP contribution < -0.4 is 5.32 Å². The van der Waals surface area contributed by atoms with Crippen LogP contribution in [0.2, 0.25) is 0 Å². The molecule has 0 bridgehead atoms. The molecular weight excluding hydrogens is 208 g/mol. The minimum absolute atomic E-state index is 0.855. The minimum Gasteiger partial charge on any atom is -0.317 e. The van der Waals surface area contributed by atoms with Gasteiger partial charge in [-0.15, -0.1) is 0 Å². The van der Waals surface area contributed by atoms with Gasteiger partial charge >= 0.3 is 0 Å². The Bertz CT molecular complexity index is 176. The van der Waals surface area contributed by atoms with Gasteiger partial charge in [0, 0.05) is 6.54 Å². The maximum absolute atomic E-state index is 3.45. The molecular formula is C15H32N2. The molecule has 0 aromatic carbocycles. The lowest BCUT2D eigenvalue weighted by molar-refractivity contribution is 0.230. The summed E-state index contributed by atoms with van der Waals surface area (Å²) < 4.78 is 0. The van der Waals surface area contributed by atoms with Gasteiger partial charge in [0.2, 0.25) is 0 Å². The molecule has 1 N–H and O–H groups in total. The first-order chi connectivity index (χ1) is 8.26. The summed E-state index contributed by atoms with van der Waals surface area (Å²) in [7, 11) is 0. The standard InChI is InChI=1S/C15H32N2/c1-4-14(3)13-17(5-2)12-6-7-15-8-10-16-11-9-15/h14-16H,4-13H2,1-3H3. The summed E-state index contributed by atoms with van der Waals surface area (Å²) in [5, 5.41) is 3.45. The van der Waals surface area contributed by atoms with Gasteiger partial charge in [-0.2, -0.15) is 0 Å². The van der Waals surface area contributed by atoms with E-state index in [-0.39, 0.29) is 0 Å². The number of nitrogens with one attached hydrogen (secondary N) is 1. The van der Waals surface area contributed by atoms with Gasteiger partial charge in [-0.25, -0.2) is 0 Å². The molecule has 1 atom stereocenters. The molecule has 2 heteroatoms. The lowest BCUT2D eigenvalue weighted by atomic mass is 9.93. The Balaban J connectivity index is 2.09. The highest BCUT2D eigenvalue weighted by Crippen LogP contribution is 2.18. The minimum atomic E-state index is 0.855. The molecule has 17 heavy (non-hydrogen) atoms. The van der Waals surface area contributed by atoms with Crippen LogP contribution in [0.3, 0.4) is 0 Å². The molecule has 0 aromatic heterocycles. The van der Waals surface area contributed by atoms with E-state index in [9.17, 15) is 0 Å². The fourth-order valence-electron chi connectivity index (χ4n) is 2.72. The highest BCUT2D eigenvalue weighted by Gasteiger charge is 2.13. The van der Waals surface area contributed by atoms with E-state index in [4.69, 9.17) is 0 Å². The van der Waals surface area contributed by atoms with E-state index < -0.39 is 0 Å². The number of piperidine rings is 1. The molecule has 1 fully saturated rings. The molecule has 0 aliphatic carbocycles. The second-order valence-electron chi connectivity index (χ2n) is 5.74. The summed E-state index contributed by atoms with van der Waals surface area (Å²) in [6.07, 6.45) is 6.95. The fourth-order valence-corrected chi connectivity index (χ4v) is 2.72. The Labute approximate surface area is 108 Å². The fraction of sp³-hybridized carbons (Fsp3) is 1.00. The molecule has 1 rings (SSSR count). The zero-order chi connectivity index (χ0) is 12.5. The average Bonchev–Trinajstić information content (AvgIpc) is 2.38. The van der Waals surface area contributed by atoms with Gasteiger partial charge in [0.05, 0.1) is 0 Å². The van der Waals surface area contributed by atoms with Crippen LogP contribution in [0.5, 0.6) is 0 Å². The molecule has 0 radical (unpaired) electrons. The largest absolute Gasteiger partial charge is 0.317 e. The molecule has 2 nitrogen and oxygen atoms in total.